The van der Waals surface area contributed by atoms with Gasteiger partial charge < -0.3 is 14.8 Å². The number of carbonyl (C=O) groups is 2. The van der Waals surface area contributed by atoms with Gasteiger partial charge in [0.25, 0.3) is 0 Å². The van der Waals surface area contributed by atoms with Crippen LogP contribution in [0, 0.1) is 0 Å². The molecule has 2 aromatic carbocycles. The SMILES string of the molecule is CC1=C(C(=O)OCCc2ccccc2)[C@H](c2ccccc2OC(C)C)C2=C(CCCC2=O)N1. The molecule has 1 aliphatic heterocycles. The van der Waals surface area contributed by atoms with E-state index in [0.29, 0.717) is 29.7 Å². The topological polar surface area (TPSA) is 64.6 Å². The Kier molecular flexibility index (Phi) is 6.97. The van der Waals surface area contributed by atoms with Crippen LogP contribution in [0.2, 0.25) is 0 Å². The first-order valence-electron chi connectivity index (χ1n) is 11.7. The number of Topliss-reactive ketones (excluding diaryl/α,β-unsaturated/α-hetero) is 1. The molecule has 172 valence electrons. The monoisotopic (exact) mass is 445 g/mol. The van der Waals surface area contributed by atoms with Crippen molar-refractivity contribution < 1.29 is 19.1 Å². The molecule has 0 spiro atoms. The fraction of sp³-hybridized carbons (Fsp3) is 0.357. The molecule has 2 aliphatic rings. The van der Waals surface area contributed by atoms with Crippen molar-refractivity contribution in [2.75, 3.05) is 6.61 Å². The van der Waals surface area contributed by atoms with Gasteiger partial charge in [0.05, 0.1) is 24.2 Å². The molecule has 0 radical (unpaired) electrons. The zero-order chi connectivity index (χ0) is 23.4. The van der Waals surface area contributed by atoms with E-state index in [0.717, 1.165) is 35.4 Å². The van der Waals surface area contributed by atoms with Gasteiger partial charge in [-0.15, -0.1) is 0 Å². The summed E-state index contributed by atoms with van der Waals surface area (Å²) in [5.74, 6) is -0.138. The number of hydrogen-bond donors (Lipinski definition) is 1. The molecule has 2 aromatic rings. The molecule has 1 aliphatic carbocycles. The summed E-state index contributed by atoms with van der Waals surface area (Å²) in [7, 11) is 0. The Hall–Kier alpha value is -3.34. The van der Waals surface area contributed by atoms with Crippen molar-refractivity contribution in [3.8, 4) is 5.75 Å². The molecule has 0 aromatic heterocycles. The van der Waals surface area contributed by atoms with Crippen LogP contribution in [0.25, 0.3) is 0 Å². The quantitative estimate of drug-likeness (QED) is 0.592. The average Bonchev–Trinajstić information content (AvgIpc) is 2.79. The van der Waals surface area contributed by atoms with Crippen molar-refractivity contribution in [3.05, 3.63) is 88.3 Å². The van der Waals surface area contributed by atoms with Gasteiger partial charge in [-0.2, -0.15) is 0 Å². The van der Waals surface area contributed by atoms with Crippen LogP contribution < -0.4 is 10.1 Å². The van der Waals surface area contributed by atoms with E-state index in [-0.39, 0.29) is 18.5 Å². The summed E-state index contributed by atoms with van der Waals surface area (Å²) in [6.07, 6.45) is 2.69. The van der Waals surface area contributed by atoms with Crippen molar-refractivity contribution in [2.24, 2.45) is 0 Å². The normalized spacial score (nSPS) is 18.2. The van der Waals surface area contributed by atoms with Gasteiger partial charge in [0.2, 0.25) is 0 Å². The largest absolute Gasteiger partial charge is 0.491 e. The number of carbonyl (C=O) groups excluding carboxylic acids is 2. The van der Waals surface area contributed by atoms with E-state index in [1.165, 1.54) is 0 Å². The van der Waals surface area contributed by atoms with Gasteiger partial charge in [0, 0.05) is 35.4 Å². The Labute approximate surface area is 195 Å². The summed E-state index contributed by atoms with van der Waals surface area (Å²) in [5, 5.41) is 3.34. The molecule has 1 atom stereocenters. The van der Waals surface area contributed by atoms with Gasteiger partial charge in [0.1, 0.15) is 5.75 Å². The van der Waals surface area contributed by atoms with Crippen molar-refractivity contribution in [2.45, 2.75) is 58.5 Å². The van der Waals surface area contributed by atoms with Crippen LogP contribution in [0.15, 0.2) is 77.1 Å². The summed E-state index contributed by atoms with van der Waals surface area (Å²) in [6.45, 7) is 6.09. The van der Waals surface area contributed by atoms with Crippen LogP contribution in [0.4, 0.5) is 0 Å². The van der Waals surface area contributed by atoms with Gasteiger partial charge in [-0.25, -0.2) is 4.79 Å². The summed E-state index contributed by atoms with van der Waals surface area (Å²) >= 11 is 0. The predicted molar refractivity (Wildman–Crippen MR) is 128 cm³/mol. The Morgan fingerprint density at radius 3 is 2.55 bits per heavy atom. The zero-order valence-electron chi connectivity index (χ0n) is 19.5. The van der Waals surface area contributed by atoms with Crippen LogP contribution in [0.3, 0.4) is 0 Å². The molecule has 0 saturated carbocycles. The minimum absolute atomic E-state index is 0.0327. The number of allylic oxidation sites excluding steroid dienone is 3. The fourth-order valence-corrected chi connectivity index (χ4v) is 4.63. The summed E-state index contributed by atoms with van der Waals surface area (Å²) < 4.78 is 11.8. The molecule has 0 bridgehead atoms. The van der Waals surface area contributed by atoms with Crippen molar-refractivity contribution >= 4 is 11.8 Å². The van der Waals surface area contributed by atoms with Gasteiger partial charge in [-0.1, -0.05) is 48.5 Å². The molecule has 0 amide bonds. The third kappa shape index (κ3) is 5.03. The average molecular weight is 446 g/mol. The van der Waals surface area contributed by atoms with Gasteiger partial charge in [-0.05, 0) is 45.2 Å². The maximum atomic E-state index is 13.4. The zero-order valence-corrected chi connectivity index (χ0v) is 19.5. The second-order valence-electron chi connectivity index (χ2n) is 8.84. The lowest BCUT2D eigenvalue weighted by atomic mass is 9.75. The van der Waals surface area contributed by atoms with Gasteiger partial charge in [0.15, 0.2) is 5.78 Å². The maximum Gasteiger partial charge on any atom is 0.336 e. The van der Waals surface area contributed by atoms with E-state index >= 15 is 0 Å². The minimum Gasteiger partial charge on any atom is -0.491 e. The molecule has 1 N–H and O–H groups in total. The number of hydrogen-bond acceptors (Lipinski definition) is 5. The molecule has 0 unspecified atom stereocenters. The van der Waals surface area contributed by atoms with Crippen LogP contribution in [0.5, 0.6) is 5.75 Å². The highest BCUT2D eigenvalue weighted by atomic mass is 16.5. The minimum atomic E-state index is -0.506. The van der Waals surface area contributed by atoms with Crippen molar-refractivity contribution in [3.63, 3.8) is 0 Å². The molecule has 1 heterocycles. The van der Waals surface area contributed by atoms with Crippen LogP contribution in [-0.4, -0.2) is 24.5 Å². The third-order valence-electron chi connectivity index (χ3n) is 6.06. The number of benzene rings is 2. The Bertz CT molecular complexity index is 1100. The number of ether oxygens (including phenoxy) is 2. The summed E-state index contributed by atoms with van der Waals surface area (Å²) in [5.41, 5.74) is 4.73. The molecule has 5 heteroatoms. The summed E-state index contributed by atoms with van der Waals surface area (Å²) in [4.78, 5) is 26.5. The Morgan fingerprint density at radius 1 is 1.06 bits per heavy atom. The molecule has 5 nitrogen and oxygen atoms in total. The van der Waals surface area contributed by atoms with Gasteiger partial charge in [-0.3, -0.25) is 4.79 Å². The van der Waals surface area contributed by atoms with Crippen LogP contribution >= 0.6 is 0 Å². The lowest BCUT2D eigenvalue weighted by Gasteiger charge is -2.35. The maximum absolute atomic E-state index is 13.4. The smallest absolute Gasteiger partial charge is 0.336 e. The highest BCUT2D eigenvalue weighted by Gasteiger charge is 2.40. The first-order chi connectivity index (χ1) is 16.0. The van der Waals surface area contributed by atoms with Crippen LogP contribution in [-0.2, 0) is 20.7 Å². The van der Waals surface area contributed by atoms with E-state index in [1.54, 1.807) is 0 Å². The highest BCUT2D eigenvalue weighted by Crippen LogP contribution is 2.45. The second kappa shape index (κ2) is 10.1. The first-order valence-corrected chi connectivity index (χ1v) is 11.7. The second-order valence-corrected chi connectivity index (χ2v) is 8.84. The fourth-order valence-electron chi connectivity index (χ4n) is 4.63. The molecule has 33 heavy (non-hydrogen) atoms. The number of ketones is 1. The Balaban J connectivity index is 1.69. The van der Waals surface area contributed by atoms with E-state index in [4.69, 9.17) is 9.47 Å². The number of para-hydroxylation sites is 1. The third-order valence-corrected chi connectivity index (χ3v) is 6.06. The molecule has 4 rings (SSSR count). The molecular formula is C28H31NO4. The molecular weight excluding hydrogens is 414 g/mol. The number of rotatable bonds is 7. The lowest BCUT2D eigenvalue weighted by molar-refractivity contribution is -0.139. The van der Waals surface area contributed by atoms with Crippen molar-refractivity contribution in [1.29, 1.82) is 0 Å². The first kappa shape index (κ1) is 22.8. The number of esters is 1. The van der Waals surface area contributed by atoms with E-state index < -0.39 is 11.9 Å². The highest BCUT2D eigenvalue weighted by molar-refractivity contribution is 6.04. The van der Waals surface area contributed by atoms with Gasteiger partial charge >= 0.3 is 5.97 Å². The standard InChI is InChI=1S/C28H31NO4/c1-18(2)33-24-15-8-7-12-21(24)26-25(19(3)29-22-13-9-14-23(30)27(22)26)28(31)32-17-16-20-10-5-4-6-11-20/h4-8,10-12,15,18,26,29H,9,13-14,16-17H2,1-3H3/t26-/m0/s1. The summed E-state index contributed by atoms with van der Waals surface area (Å²) in [6, 6.07) is 17.6. The molecule has 0 fully saturated rings. The lowest BCUT2D eigenvalue weighted by Crippen LogP contribution is -2.34. The van der Waals surface area contributed by atoms with E-state index in [2.05, 4.69) is 5.32 Å². The van der Waals surface area contributed by atoms with E-state index in [1.807, 2.05) is 75.4 Å². The van der Waals surface area contributed by atoms with E-state index in [9.17, 15) is 9.59 Å². The van der Waals surface area contributed by atoms with Crippen molar-refractivity contribution in [1.82, 2.24) is 5.32 Å². The number of dihydropyridines is 1. The predicted octanol–water partition coefficient (Wildman–Crippen LogP) is 5.23. The van der Waals surface area contributed by atoms with Crippen LogP contribution in [0.1, 0.15) is 57.1 Å². The molecule has 0 saturated heterocycles. The Morgan fingerprint density at radius 2 is 1.79 bits per heavy atom. The number of nitrogens with one attached hydrogen (secondary N) is 1.